The van der Waals surface area contributed by atoms with E-state index in [1.807, 2.05) is 0 Å². The first-order chi connectivity index (χ1) is 17.8. The molecule has 4 heteroatoms. The van der Waals surface area contributed by atoms with Crippen molar-refractivity contribution in [2.75, 3.05) is 0 Å². The standard InChI is InChI=1S/C22H25.C9H7.C2H7Si.2ClH.Zr/c1-3-5-8-17-11-13-19(14-12-17)21-10-6-9-20-15-18(7-4-2)16-22(20)21;1-2-5-9-7-3-6-8(9)4-1;1-3-2;;;/h6,9-16H,3-5,7-8H2,1-2H3;1-7H;3H,1-2H3;2*1H;/q;;;;;+2/p-2. The Kier molecular flexibility index (Phi) is 7.97. The third kappa shape index (κ3) is 4.65. The molecule has 2 aliphatic rings. The molecule has 0 radical (unpaired) electrons. The molecule has 0 aliphatic heterocycles. The molecule has 0 N–H and O–H groups in total. The van der Waals surface area contributed by atoms with Crippen LogP contribution in [0.5, 0.6) is 0 Å². The molecule has 0 heterocycles. The Morgan fingerprint density at radius 2 is 1.54 bits per heavy atom. The van der Waals surface area contributed by atoms with Crippen LogP contribution in [0.4, 0.5) is 0 Å². The van der Waals surface area contributed by atoms with Crippen LogP contribution >= 0.6 is 17.0 Å². The quantitative estimate of drug-likeness (QED) is 0.208. The maximum atomic E-state index is 8.24. The van der Waals surface area contributed by atoms with E-state index in [0.717, 1.165) is 19.3 Å². The molecule has 37 heavy (non-hydrogen) atoms. The molecule has 0 saturated carbocycles. The molecule has 3 aromatic rings. The zero-order chi connectivity index (χ0) is 26.2. The fourth-order valence-corrected chi connectivity index (χ4v) is 36.2. The molecule has 0 amide bonds. The first-order valence-electron chi connectivity index (χ1n) is 14.1. The molecule has 2 atom stereocenters. The summed E-state index contributed by atoms with van der Waals surface area (Å²) in [6, 6.07) is 24.8. The summed E-state index contributed by atoms with van der Waals surface area (Å²) >= 11 is -4.49. The van der Waals surface area contributed by atoms with E-state index in [-0.39, 0.29) is 7.25 Å². The molecule has 3 aromatic carbocycles. The molecule has 0 nitrogen and oxygen atoms in total. The van der Waals surface area contributed by atoms with Crippen LogP contribution in [-0.4, -0.2) is 5.92 Å². The van der Waals surface area contributed by atoms with Gasteiger partial charge < -0.3 is 0 Å². The van der Waals surface area contributed by atoms with Crippen molar-refractivity contribution in [3.63, 3.8) is 0 Å². The summed E-state index contributed by atoms with van der Waals surface area (Å²) < 4.78 is 0.348. The van der Waals surface area contributed by atoms with Crippen molar-refractivity contribution in [2.45, 2.75) is 66.3 Å². The van der Waals surface area contributed by atoms with Gasteiger partial charge in [0, 0.05) is 0 Å². The molecule has 2 unspecified atom stereocenters. The topological polar surface area (TPSA) is 0 Å². The summed E-state index contributed by atoms with van der Waals surface area (Å²) in [6.45, 7) is 9.37. The summed E-state index contributed by atoms with van der Waals surface area (Å²) in [5.41, 5.74) is 10.9. The Bertz CT molecular complexity index is 1350. The summed E-state index contributed by atoms with van der Waals surface area (Å²) in [5.74, 6) is -1.46. The first kappa shape index (κ1) is 27.4. The Hall–Kier alpha value is -1.18. The monoisotopic (exact) mass is 623 g/mol. The van der Waals surface area contributed by atoms with Gasteiger partial charge >= 0.3 is 234 Å². The predicted molar refractivity (Wildman–Crippen MR) is 165 cm³/mol. The Labute approximate surface area is 232 Å². The number of fused-ring (bicyclic) bond motifs is 2. The van der Waals surface area contributed by atoms with Crippen LogP contribution in [0, 0.1) is 0 Å². The maximum absolute atomic E-state index is 8.24. The Balaban J connectivity index is 1.65. The van der Waals surface area contributed by atoms with E-state index in [1.54, 1.807) is 0 Å². The van der Waals surface area contributed by atoms with E-state index >= 15 is 0 Å². The van der Waals surface area contributed by atoms with Gasteiger partial charge in [0.05, 0.1) is 0 Å². The van der Waals surface area contributed by atoms with Crippen molar-refractivity contribution < 1.29 is 15.6 Å². The molecule has 5 rings (SSSR count). The summed E-state index contributed by atoms with van der Waals surface area (Å²) in [4.78, 5) is 0. The molecule has 0 bridgehead atoms. The van der Waals surface area contributed by atoms with Crippen LogP contribution in [0.1, 0.15) is 74.6 Å². The van der Waals surface area contributed by atoms with Gasteiger partial charge in [0.25, 0.3) is 0 Å². The Morgan fingerprint density at radius 3 is 2.24 bits per heavy atom. The van der Waals surface area contributed by atoms with Crippen LogP contribution in [0.25, 0.3) is 23.3 Å². The third-order valence-electron chi connectivity index (χ3n) is 8.82. The van der Waals surface area contributed by atoms with Gasteiger partial charge in [-0.05, 0) is 0 Å². The van der Waals surface area contributed by atoms with Gasteiger partial charge in [-0.2, -0.15) is 0 Å². The SMILES string of the molecule is CCCCc1ccc(-c2cccc3c2C=C(CCC)[CH]3[Zr]([Cl])([Cl])([CH]2C=Cc3ccccc32)[SiH](C)C)cc1. The fourth-order valence-electron chi connectivity index (χ4n) is 6.71. The Morgan fingerprint density at radius 1 is 0.811 bits per heavy atom. The average Bonchev–Trinajstić information content (AvgIpc) is 3.51. The van der Waals surface area contributed by atoms with Crippen molar-refractivity contribution in [3.05, 3.63) is 106 Å². The number of hydrogen-bond donors (Lipinski definition) is 0. The normalized spacial score (nSPS) is 19.4. The molecule has 0 fully saturated rings. The summed E-state index contributed by atoms with van der Waals surface area (Å²) in [6.07, 6.45) is 12.9. The summed E-state index contributed by atoms with van der Waals surface area (Å²) in [5, 5.41) is 0. The van der Waals surface area contributed by atoms with Gasteiger partial charge in [-0.15, -0.1) is 0 Å². The molecule has 193 valence electrons. The van der Waals surface area contributed by atoms with Gasteiger partial charge in [-0.3, -0.25) is 0 Å². The predicted octanol–water partition coefficient (Wildman–Crippen LogP) is 10.7. The van der Waals surface area contributed by atoms with Gasteiger partial charge in [0.2, 0.25) is 0 Å². The van der Waals surface area contributed by atoms with E-state index in [2.05, 4.69) is 112 Å². The minimum atomic E-state index is -4.49. The number of allylic oxidation sites excluding steroid dienone is 2. The van der Waals surface area contributed by atoms with E-state index in [9.17, 15) is 0 Å². The fraction of sp³-hybridized carbons (Fsp3) is 0.333. The first-order valence-corrected chi connectivity index (χ1v) is 30.4. The molecule has 0 aromatic heterocycles. The van der Waals surface area contributed by atoms with Crippen molar-refractivity contribution in [2.24, 2.45) is 0 Å². The van der Waals surface area contributed by atoms with Crippen LogP contribution in [-0.2, 0) is 22.0 Å². The van der Waals surface area contributed by atoms with Gasteiger partial charge in [-0.1, -0.05) is 0 Å². The van der Waals surface area contributed by atoms with Gasteiger partial charge in [0.1, 0.15) is 0 Å². The third-order valence-corrected chi connectivity index (χ3v) is 60.8. The zero-order valence-electron chi connectivity index (χ0n) is 22.6. The minimum absolute atomic E-state index is 0.172. The molecular weight excluding hydrogens is 587 g/mol. The van der Waals surface area contributed by atoms with E-state index in [0.29, 0.717) is 0 Å². The second-order valence-corrected chi connectivity index (χ2v) is 54.0. The second-order valence-electron chi connectivity index (χ2n) is 11.4. The van der Waals surface area contributed by atoms with Crippen molar-refractivity contribution in [1.29, 1.82) is 0 Å². The molecular formula is C33H39Cl2SiZr. The number of rotatable bonds is 9. The van der Waals surface area contributed by atoms with E-state index in [4.69, 9.17) is 17.0 Å². The van der Waals surface area contributed by atoms with Crippen LogP contribution < -0.4 is 0 Å². The van der Waals surface area contributed by atoms with E-state index in [1.165, 1.54) is 57.4 Å². The number of hydrogen-bond acceptors (Lipinski definition) is 0. The molecule has 0 spiro atoms. The van der Waals surface area contributed by atoms with Gasteiger partial charge in [-0.25, -0.2) is 0 Å². The second kappa shape index (κ2) is 10.8. The average molecular weight is 626 g/mol. The number of unbranched alkanes of at least 4 members (excludes halogenated alkanes) is 1. The van der Waals surface area contributed by atoms with Gasteiger partial charge in [0.15, 0.2) is 0 Å². The number of benzene rings is 3. The van der Waals surface area contributed by atoms with Crippen LogP contribution in [0.15, 0.2) is 78.4 Å². The molecule has 2 aliphatic carbocycles. The van der Waals surface area contributed by atoms with Crippen molar-refractivity contribution >= 4 is 35.1 Å². The zero-order valence-corrected chi connectivity index (χ0v) is 27.7. The molecule has 0 saturated heterocycles. The van der Waals surface area contributed by atoms with Crippen molar-refractivity contribution in [1.82, 2.24) is 0 Å². The number of halogens is 2. The van der Waals surface area contributed by atoms with E-state index < -0.39 is 21.5 Å². The summed E-state index contributed by atoms with van der Waals surface area (Å²) in [7, 11) is 16.5. The number of aryl methyl sites for hydroxylation is 1. The van der Waals surface area contributed by atoms with Crippen molar-refractivity contribution in [3.8, 4) is 11.1 Å². The van der Waals surface area contributed by atoms with Crippen LogP contribution in [0.3, 0.4) is 0 Å². The van der Waals surface area contributed by atoms with Crippen LogP contribution in [0.2, 0.25) is 13.1 Å².